The molecule has 0 bridgehead atoms. The van der Waals surface area contributed by atoms with Gasteiger partial charge in [-0.05, 0) is 17.5 Å². The van der Waals surface area contributed by atoms with Gasteiger partial charge in [0.2, 0.25) is 5.91 Å². The second-order valence-corrected chi connectivity index (χ2v) is 6.33. The Morgan fingerprint density at radius 3 is 2.00 bits per heavy atom. The highest BCUT2D eigenvalue weighted by molar-refractivity contribution is 5.88. The number of benzene rings is 2. The summed E-state index contributed by atoms with van der Waals surface area (Å²) >= 11 is 0. The number of methoxy groups -OCH3 is 1. The minimum absolute atomic E-state index is 0.106. The van der Waals surface area contributed by atoms with Crippen molar-refractivity contribution in [3.05, 3.63) is 71.8 Å². The summed E-state index contributed by atoms with van der Waals surface area (Å²) in [7, 11) is 1.39. The standard InChI is InChI=1S/C21H23NO3/c1-3-17-18(14-19(23)25-2)22(21(17)24)20(15-10-6-4-7-11-15)16-12-8-5-9-13-16/h4-13,17-18,20H,3,14H2,1-2H3. The predicted molar refractivity (Wildman–Crippen MR) is 95.8 cm³/mol. The van der Waals surface area contributed by atoms with Crippen LogP contribution in [0, 0.1) is 5.92 Å². The molecule has 2 atom stereocenters. The van der Waals surface area contributed by atoms with Crippen LogP contribution in [0.2, 0.25) is 0 Å². The van der Waals surface area contributed by atoms with Crippen LogP contribution in [0.1, 0.15) is 36.9 Å². The lowest BCUT2D eigenvalue weighted by Crippen LogP contribution is -2.62. The molecule has 0 spiro atoms. The summed E-state index contributed by atoms with van der Waals surface area (Å²) in [6, 6.07) is 19.6. The molecule has 1 saturated heterocycles. The van der Waals surface area contributed by atoms with Crippen molar-refractivity contribution < 1.29 is 14.3 Å². The summed E-state index contributed by atoms with van der Waals surface area (Å²) in [5, 5.41) is 0. The number of carbonyl (C=O) groups excluding carboxylic acids is 2. The van der Waals surface area contributed by atoms with E-state index in [1.807, 2.05) is 72.5 Å². The summed E-state index contributed by atoms with van der Waals surface area (Å²) in [6.07, 6.45) is 0.963. The van der Waals surface area contributed by atoms with Gasteiger partial charge in [0, 0.05) is 0 Å². The number of likely N-dealkylation sites (tertiary alicyclic amines) is 1. The van der Waals surface area contributed by atoms with Gasteiger partial charge in [-0.15, -0.1) is 0 Å². The van der Waals surface area contributed by atoms with Crippen molar-refractivity contribution in [2.45, 2.75) is 31.8 Å². The number of nitrogens with zero attached hydrogens (tertiary/aromatic N) is 1. The Morgan fingerprint density at radius 2 is 1.56 bits per heavy atom. The van der Waals surface area contributed by atoms with Crippen molar-refractivity contribution >= 4 is 11.9 Å². The summed E-state index contributed by atoms with van der Waals surface area (Å²) in [5.74, 6) is -0.288. The van der Waals surface area contributed by atoms with Crippen molar-refractivity contribution in [2.24, 2.45) is 5.92 Å². The zero-order valence-electron chi connectivity index (χ0n) is 14.6. The number of esters is 1. The van der Waals surface area contributed by atoms with Gasteiger partial charge in [-0.25, -0.2) is 0 Å². The monoisotopic (exact) mass is 337 g/mol. The number of ether oxygens (including phenoxy) is 1. The van der Waals surface area contributed by atoms with E-state index < -0.39 is 0 Å². The Bertz CT molecular complexity index is 690. The maximum Gasteiger partial charge on any atom is 0.307 e. The van der Waals surface area contributed by atoms with Crippen LogP contribution in [-0.4, -0.2) is 29.9 Å². The van der Waals surface area contributed by atoms with Crippen LogP contribution in [0.4, 0.5) is 0 Å². The van der Waals surface area contributed by atoms with Gasteiger partial charge in [-0.2, -0.15) is 0 Å². The Balaban J connectivity index is 2.00. The van der Waals surface area contributed by atoms with Crippen molar-refractivity contribution in [1.82, 2.24) is 4.90 Å². The summed E-state index contributed by atoms with van der Waals surface area (Å²) in [4.78, 5) is 26.6. The van der Waals surface area contributed by atoms with E-state index >= 15 is 0 Å². The van der Waals surface area contributed by atoms with Crippen LogP contribution in [0.25, 0.3) is 0 Å². The smallest absolute Gasteiger partial charge is 0.307 e. The maximum atomic E-state index is 12.8. The van der Waals surface area contributed by atoms with Crippen LogP contribution in [0.3, 0.4) is 0 Å². The molecule has 3 rings (SSSR count). The van der Waals surface area contributed by atoms with E-state index in [2.05, 4.69) is 0 Å². The van der Waals surface area contributed by atoms with Gasteiger partial charge in [-0.1, -0.05) is 67.6 Å². The Labute approximate surface area is 148 Å². The topological polar surface area (TPSA) is 46.6 Å². The second-order valence-electron chi connectivity index (χ2n) is 6.33. The van der Waals surface area contributed by atoms with E-state index in [1.165, 1.54) is 7.11 Å². The Hall–Kier alpha value is -2.62. The minimum atomic E-state index is -0.277. The molecule has 1 fully saturated rings. The van der Waals surface area contributed by atoms with Crippen LogP contribution in [0.5, 0.6) is 0 Å². The molecule has 2 unspecified atom stereocenters. The first-order valence-corrected chi connectivity index (χ1v) is 8.66. The first-order chi connectivity index (χ1) is 12.2. The zero-order chi connectivity index (χ0) is 17.8. The van der Waals surface area contributed by atoms with Crippen LogP contribution in [-0.2, 0) is 14.3 Å². The van der Waals surface area contributed by atoms with Gasteiger partial charge in [-0.3, -0.25) is 9.59 Å². The summed E-state index contributed by atoms with van der Waals surface area (Å²) in [5.41, 5.74) is 2.10. The van der Waals surface area contributed by atoms with E-state index in [4.69, 9.17) is 4.74 Å². The lowest BCUT2D eigenvalue weighted by atomic mass is 9.79. The highest BCUT2D eigenvalue weighted by Gasteiger charge is 2.50. The fraction of sp³-hybridized carbons (Fsp3) is 0.333. The Morgan fingerprint density at radius 1 is 1.04 bits per heavy atom. The van der Waals surface area contributed by atoms with Gasteiger partial charge >= 0.3 is 5.97 Å². The molecule has 4 heteroatoms. The van der Waals surface area contributed by atoms with E-state index in [-0.39, 0.29) is 36.3 Å². The molecule has 0 aromatic heterocycles. The van der Waals surface area contributed by atoms with E-state index in [0.29, 0.717) is 0 Å². The van der Waals surface area contributed by atoms with Gasteiger partial charge in [0.25, 0.3) is 0 Å². The third kappa shape index (κ3) is 3.29. The molecule has 2 aromatic rings. The maximum absolute atomic E-state index is 12.8. The van der Waals surface area contributed by atoms with Gasteiger partial charge < -0.3 is 9.64 Å². The molecule has 2 aromatic carbocycles. The molecule has 4 nitrogen and oxygen atoms in total. The molecule has 1 amide bonds. The number of hydrogen-bond donors (Lipinski definition) is 0. The van der Waals surface area contributed by atoms with Crippen LogP contribution >= 0.6 is 0 Å². The van der Waals surface area contributed by atoms with E-state index in [9.17, 15) is 9.59 Å². The first kappa shape index (κ1) is 17.2. The molecular weight excluding hydrogens is 314 g/mol. The first-order valence-electron chi connectivity index (χ1n) is 8.66. The lowest BCUT2D eigenvalue weighted by molar-refractivity contribution is -0.164. The SMILES string of the molecule is CCC1C(=O)N(C(c2ccccc2)c2ccccc2)C1CC(=O)OC. The zero-order valence-corrected chi connectivity index (χ0v) is 14.6. The van der Waals surface area contributed by atoms with E-state index in [1.54, 1.807) is 0 Å². The van der Waals surface area contributed by atoms with Crippen molar-refractivity contribution in [2.75, 3.05) is 7.11 Å². The average Bonchev–Trinajstić information content (AvgIpc) is 2.67. The molecule has 1 aliphatic heterocycles. The fourth-order valence-corrected chi connectivity index (χ4v) is 3.68. The molecule has 0 N–H and O–H groups in total. The molecule has 0 aliphatic carbocycles. The van der Waals surface area contributed by atoms with Crippen molar-refractivity contribution in [3.63, 3.8) is 0 Å². The van der Waals surface area contributed by atoms with E-state index in [0.717, 1.165) is 17.5 Å². The largest absolute Gasteiger partial charge is 0.469 e. The van der Waals surface area contributed by atoms with Gasteiger partial charge in [0.1, 0.15) is 0 Å². The van der Waals surface area contributed by atoms with Gasteiger partial charge in [0.05, 0.1) is 31.5 Å². The summed E-state index contributed by atoms with van der Waals surface area (Å²) < 4.78 is 4.85. The van der Waals surface area contributed by atoms with Crippen LogP contribution < -0.4 is 0 Å². The van der Waals surface area contributed by atoms with Crippen molar-refractivity contribution in [1.29, 1.82) is 0 Å². The fourth-order valence-electron chi connectivity index (χ4n) is 3.68. The lowest BCUT2D eigenvalue weighted by Gasteiger charge is -2.51. The predicted octanol–water partition coefficient (Wildman–Crippen LogP) is 3.58. The quantitative estimate of drug-likeness (QED) is 0.598. The molecule has 0 radical (unpaired) electrons. The van der Waals surface area contributed by atoms with Crippen LogP contribution in [0.15, 0.2) is 60.7 Å². The average molecular weight is 337 g/mol. The minimum Gasteiger partial charge on any atom is -0.469 e. The van der Waals surface area contributed by atoms with Crippen molar-refractivity contribution in [3.8, 4) is 0 Å². The number of carbonyl (C=O) groups is 2. The number of rotatable bonds is 6. The Kier molecular flexibility index (Phi) is 5.17. The second kappa shape index (κ2) is 7.51. The highest BCUT2D eigenvalue weighted by Crippen LogP contribution is 2.42. The van der Waals surface area contributed by atoms with Gasteiger partial charge in [0.15, 0.2) is 0 Å². The molecular formula is C21H23NO3. The summed E-state index contributed by atoms with van der Waals surface area (Å²) in [6.45, 7) is 1.99. The molecule has 130 valence electrons. The third-order valence-corrected chi connectivity index (χ3v) is 4.95. The number of β-lactam (4-membered cyclic amide) rings is 1. The highest BCUT2D eigenvalue weighted by atomic mass is 16.5. The molecule has 1 aliphatic rings. The molecule has 1 heterocycles. The number of amides is 1. The number of hydrogen-bond acceptors (Lipinski definition) is 3. The molecule has 25 heavy (non-hydrogen) atoms. The normalized spacial score (nSPS) is 19.6. The molecule has 0 saturated carbocycles. The third-order valence-electron chi connectivity index (χ3n) is 4.95.